The lowest BCUT2D eigenvalue weighted by Gasteiger charge is -2.35. The molecule has 2 amide bonds. The average Bonchev–Trinajstić information content (AvgIpc) is 2.33. The minimum absolute atomic E-state index is 0.223. The van der Waals surface area contributed by atoms with E-state index in [4.69, 9.17) is 23.2 Å². The van der Waals surface area contributed by atoms with E-state index < -0.39 is 5.60 Å². The number of anilines is 1. The highest BCUT2D eigenvalue weighted by Gasteiger charge is 2.29. The predicted octanol–water partition coefficient (Wildman–Crippen LogP) is 3.37. The number of nitrogens with one attached hydrogen (secondary N) is 1. The first-order valence-electron chi connectivity index (χ1n) is 6.11. The zero-order valence-corrected chi connectivity index (χ0v) is 12.1. The number of aliphatic hydroxyl groups is 1. The Kier molecular flexibility index (Phi) is 4.23. The Labute approximate surface area is 122 Å². The molecule has 1 aromatic carbocycles. The summed E-state index contributed by atoms with van der Waals surface area (Å²) in [6, 6.07) is 4.69. The predicted molar refractivity (Wildman–Crippen MR) is 76.9 cm³/mol. The van der Waals surface area contributed by atoms with Gasteiger partial charge in [-0.25, -0.2) is 4.79 Å². The van der Waals surface area contributed by atoms with Crippen molar-refractivity contribution in [3.8, 4) is 0 Å². The minimum atomic E-state index is -0.676. The smallest absolute Gasteiger partial charge is 0.321 e. The fourth-order valence-corrected chi connectivity index (χ4v) is 2.32. The van der Waals surface area contributed by atoms with Gasteiger partial charge in [0, 0.05) is 18.1 Å². The number of benzene rings is 1. The summed E-state index contributed by atoms with van der Waals surface area (Å²) in [5.74, 6) is 0. The van der Waals surface area contributed by atoms with E-state index in [-0.39, 0.29) is 6.03 Å². The first-order chi connectivity index (χ1) is 8.87. The van der Waals surface area contributed by atoms with Crippen molar-refractivity contribution in [2.75, 3.05) is 18.4 Å². The number of rotatable bonds is 1. The molecule has 6 heteroatoms. The standard InChI is InChI=1S/C13H16Cl2N2O2/c1-13(19)4-6-17(7-5-13)12(18)16-11-8-9(14)2-3-10(11)15/h2-3,8,19H,4-7H2,1H3,(H,16,18). The molecule has 2 rings (SSSR count). The van der Waals surface area contributed by atoms with Gasteiger partial charge in [0.05, 0.1) is 16.3 Å². The second kappa shape index (κ2) is 5.57. The lowest BCUT2D eigenvalue weighted by atomic mass is 9.94. The zero-order chi connectivity index (χ0) is 14.0. The van der Waals surface area contributed by atoms with Crippen molar-refractivity contribution < 1.29 is 9.90 Å². The summed E-state index contributed by atoms with van der Waals surface area (Å²) < 4.78 is 0. The number of hydrogen-bond donors (Lipinski definition) is 2. The van der Waals surface area contributed by atoms with Crippen LogP contribution in [0.5, 0.6) is 0 Å². The summed E-state index contributed by atoms with van der Waals surface area (Å²) in [6.07, 6.45) is 1.15. The van der Waals surface area contributed by atoms with E-state index in [9.17, 15) is 9.90 Å². The van der Waals surface area contributed by atoms with Gasteiger partial charge in [-0.1, -0.05) is 23.2 Å². The molecule has 0 aliphatic carbocycles. The molecule has 19 heavy (non-hydrogen) atoms. The molecule has 1 heterocycles. The maximum absolute atomic E-state index is 12.1. The van der Waals surface area contributed by atoms with Gasteiger partial charge in [-0.15, -0.1) is 0 Å². The number of hydrogen-bond acceptors (Lipinski definition) is 2. The summed E-state index contributed by atoms with van der Waals surface area (Å²) in [5.41, 5.74) is -0.179. The number of nitrogens with zero attached hydrogens (tertiary/aromatic N) is 1. The number of piperidine rings is 1. The second-order valence-corrected chi connectivity index (χ2v) is 5.88. The first kappa shape index (κ1) is 14.4. The van der Waals surface area contributed by atoms with Gasteiger partial charge in [-0.05, 0) is 38.0 Å². The highest BCUT2D eigenvalue weighted by atomic mass is 35.5. The van der Waals surface area contributed by atoms with Gasteiger partial charge in [0.2, 0.25) is 0 Å². The SMILES string of the molecule is CC1(O)CCN(C(=O)Nc2cc(Cl)ccc2Cl)CC1. The van der Waals surface area contributed by atoms with Crippen molar-refractivity contribution in [1.82, 2.24) is 4.90 Å². The van der Waals surface area contributed by atoms with Crippen LogP contribution in [-0.2, 0) is 0 Å². The van der Waals surface area contributed by atoms with Gasteiger partial charge in [0.1, 0.15) is 0 Å². The maximum Gasteiger partial charge on any atom is 0.321 e. The van der Waals surface area contributed by atoms with E-state index in [0.717, 1.165) is 0 Å². The molecule has 0 atom stereocenters. The Morgan fingerprint density at radius 2 is 2.00 bits per heavy atom. The van der Waals surface area contributed by atoms with Crippen LogP contribution in [0.1, 0.15) is 19.8 Å². The van der Waals surface area contributed by atoms with Gasteiger partial charge in [0.15, 0.2) is 0 Å². The molecule has 0 radical (unpaired) electrons. The third-order valence-corrected chi connectivity index (χ3v) is 3.86. The summed E-state index contributed by atoms with van der Waals surface area (Å²) in [6.45, 7) is 2.84. The molecule has 1 saturated heterocycles. The maximum atomic E-state index is 12.1. The van der Waals surface area contributed by atoms with E-state index in [2.05, 4.69) is 5.32 Å². The molecule has 1 fully saturated rings. The number of carbonyl (C=O) groups excluding carboxylic acids is 1. The molecule has 0 unspecified atom stereocenters. The molecular weight excluding hydrogens is 287 g/mol. The number of carbonyl (C=O) groups is 1. The van der Waals surface area contributed by atoms with Gasteiger partial charge < -0.3 is 15.3 Å². The molecule has 2 N–H and O–H groups in total. The quantitative estimate of drug-likeness (QED) is 0.835. The third-order valence-electron chi connectivity index (χ3n) is 3.30. The van der Waals surface area contributed by atoms with Crippen LogP contribution in [0.4, 0.5) is 10.5 Å². The van der Waals surface area contributed by atoms with E-state index in [1.54, 1.807) is 30.0 Å². The summed E-state index contributed by atoms with van der Waals surface area (Å²) >= 11 is 11.9. The van der Waals surface area contributed by atoms with E-state index in [1.807, 2.05) is 0 Å². The molecule has 0 bridgehead atoms. The van der Waals surface area contributed by atoms with E-state index >= 15 is 0 Å². The second-order valence-electron chi connectivity index (χ2n) is 5.04. The summed E-state index contributed by atoms with van der Waals surface area (Å²) in [5, 5.41) is 13.5. The summed E-state index contributed by atoms with van der Waals surface area (Å²) in [7, 11) is 0. The van der Waals surface area contributed by atoms with Crippen LogP contribution in [0.25, 0.3) is 0 Å². The highest BCUT2D eigenvalue weighted by molar-refractivity contribution is 6.35. The zero-order valence-electron chi connectivity index (χ0n) is 10.6. The fourth-order valence-electron chi connectivity index (χ4n) is 1.98. The molecule has 104 valence electrons. The molecule has 1 aliphatic heterocycles. The normalized spacial score (nSPS) is 18.2. The van der Waals surface area contributed by atoms with Crippen LogP contribution in [0.2, 0.25) is 10.0 Å². The largest absolute Gasteiger partial charge is 0.390 e. The highest BCUT2D eigenvalue weighted by Crippen LogP contribution is 2.27. The molecule has 4 nitrogen and oxygen atoms in total. The topological polar surface area (TPSA) is 52.6 Å². The lowest BCUT2D eigenvalue weighted by molar-refractivity contribution is 0.00570. The van der Waals surface area contributed by atoms with Crippen molar-refractivity contribution in [2.45, 2.75) is 25.4 Å². The number of halogens is 2. The van der Waals surface area contributed by atoms with Gasteiger partial charge in [-0.2, -0.15) is 0 Å². The Bertz CT molecular complexity index is 482. The average molecular weight is 303 g/mol. The molecule has 1 aromatic rings. The van der Waals surface area contributed by atoms with Crippen molar-refractivity contribution in [3.05, 3.63) is 28.2 Å². The molecular formula is C13H16Cl2N2O2. The van der Waals surface area contributed by atoms with E-state index in [1.165, 1.54) is 0 Å². The summed E-state index contributed by atoms with van der Waals surface area (Å²) in [4.78, 5) is 13.7. The fraction of sp³-hybridized carbons (Fsp3) is 0.462. The van der Waals surface area contributed by atoms with Gasteiger partial charge >= 0.3 is 6.03 Å². The Morgan fingerprint density at radius 1 is 1.37 bits per heavy atom. The Morgan fingerprint density at radius 3 is 2.63 bits per heavy atom. The molecule has 0 spiro atoms. The lowest BCUT2D eigenvalue weighted by Crippen LogP contribution is -2.46. The Hall–Kier alpha value is -0.970. The van der Waals surface area contributed by atoms with Crippen LogP contribution in [0, 0.1) is 0 Å². The van der Waals surface area contributed by atoms with Crippen LogP contribution >= 0.6 is 23.2 Å². The number of urea groups is 1. The molecule has 0 aromatic heterocycles. The van der Waals surface area contributed by atoms with Crippen LogP contribution < -0.4 is 5.32 Å². The number of amides is 2. The Balaban J connectivity index is 2.00. The van der Waals surface area contributed by atoms with Crippen molar-refractivity contribution >= 4 is 34.9 Å². The van der Waals surface area contributed by atoms with E-state index in [0.29, 0.717) is 41.7 Å². The minimum Gasteiger partial charge on any atom is -0.390 e. The van der Waals surface area contributed by atoms with Crippen LogP contribution in [0.15, 0.2) is 18.2 Å². The third kappa shape index (κ3) is 3.75. The molecule has 0 saturated carbocycles. The van der Waals surface area contributed by atoms with Crippen LogP contribution in [0.3, 0.4) is 0 Å². The van der Waals surface area contributed by atoms with Crippen molar-refractivity contribution in [3.63, 3.8) is 0 Å². The van der Waals surface area contributed by atoms with Crippen LogP contribution in [-0.4, -0.2) is 34.7 Å². The van der Waals surface area contributed by atoms with Gasteiger partial charge in [0.25, 0.3) is 0 Å². The first-order valence-corrected chi connectivity index (χ1v) is 6.86. The van der Waals surface area contributed by atoms with Gasteiger partial charge in [-0.3, -0.25) is 0 Å². The van der Waals surface area contributed by atoms with Crippen molar-refractivity contribution in [2.24, 2.45) is 0 Å². The monoisotopic (exact) mass is 302 g/mol. The number of likely N-dealkylation sites (tertiary alicyclic amines) is 1. The van der Waals surface area contributed by atoms with Crippen molar-refractivity contribution in [1.29, 1.82) is 0 Å². The molecule has 1 aliphatic rings.